The van der Waals surface area contributed by atoms with Crippen LogP contribution in [0, 0.1) is 23.3 Å². The summed E-state index contributed by atoms with van der Waals surface area (Å²) in [6.07, 6.45) is -2.59. The predicted octanol–water partition coefficient (Wildman–Crippen LogP) is 5.53. The molecule has 0 fully saturated rings. The van der Waals surface area contributed by atoms with Crippen LogP contribution in [-0.2, 0) is 12.7 Å². The SMILES string of the molecule is O=C(Nc1cnn(Cc2c(F)cc(F)c(F)c2F)c1)c1cc2nc(-c3cccs3)cc(C(F)(F)F)n2n1. The number of carbonyl (C=O) groups is 1. The number of benzene rings is 1. The van der Waals surface area contributed by atoms with Crippen LogP contribution in [0.5, 0.6) is 0 Å². The molecule has 0 radical (unpaired) electrons. The largest absolute Gasteiger partial charge is 0.433 e. The molecular formula is C22H11F7N6OS. The van der Waals surface area contributed by atoms with Crippen molar-refractivity contribution in [2.45, 2.75) is 12.7 Å². The van der Waals surface area contributed by atoms with Crippen LogP contribution < -0.4 is 5.32 Å². The first-order chi connectivity index (χ1) is 17.5. The molecule has 0 bridgehead atoms. The van der Waals surface area contributed by atoms with E-state index >= 15 is 0 Å². The van der Waals surface area contributed by atoms with Crippen molar-refractivity contribution in [2.75, 3.05) is 5.32 Å². The summed E-state index contributed by atoms with van der Waals surface area (Å²) < 4.78 is 96.9. The Balaban J connectivity index is 1.41. The van der Waals surface area contributed by atoms with Gasteiger partial charge in [-0.05, 0) is 17.5 Å². The second-order valence-electron chi connectivity index (χ2n) is 7.63. The fourth-order valence-electron chi connectivity index (χ4n) is 3.46. The molecule has 0 aliphatic carbocycles. The van der Waals surface area contributed by atoms with Gasteiger partial charge in [0, 0.05) is 23.9 Å². The van der Waals surface area contributed by atoms with Crippen molar-refractivity contribution in [3.63, 3.8) is 0 Å². The number of amides is 1. The maximum atomic E-state index is 13.9. The highest BCUT2D eigenvalue weighted by Crippen LogP contribution is 2.33. The fraction of sp³-hybridized carbons (Fsp3) is 0.0909. The van der Waals surface area contributed by atoms with E-state index in [1.165, 1.54) is 11.3 Å². The number of aromatic nitrogens is 5. The molecule has 7 nitrogen and oxygen atoms in total. The quantitative estimate of drug-likeness (QED) is 0.181. The van der Waals surface area contributed by atoms with Crippen molar-refractivity contribution < 1.29 is 35.5 Å². The minimum absolute atomic E-state index is 0.00580. The lowest BCUT2D eigenvalue weighted by Crippen LogP contribution is -2.15. The summed E-state index contributed by atoms with van der Waals surface area (Å²) in [5.41, 5.74) is -2.50. The maximum Gasteiger partial charge on any atom is 0.433 e. The normalized spacial score (nSPS) is 11.9. The topological polar surface area (TPSA) is 77.1 Å². The second kappa shape index (κ2) is 8.99. The van der Waals surface area contributed by atoms with Gasteiger partial charge in [-0.2, -0.15) is 23.4 Å². The Bertz CT molecular complexity index is 1640. The summed E-state index contributed by atoms with van der Waals surface area (Å²) in [4.78, 5) is 17.3. The van der Waals surface area contributed by atoms with E-state index in [2.05, 4.69) is 20.5 Å². The number of nitrogens with one attached hydrogen (secondary N) is 1. The van der Waals surface area contributed by atoms with Gasteiger partial charge < -0.3 is 5.32 Å². The zero-order valence-corrected chi connectivity index (χ0v) is 18.8. The van der Waals surface area contributed by atoms with Crippen LogP contribution in [0.4, 0.5) is 36.4 Å². The molecule has 1 aromatic carbocycles. The van der Waals surface area contributed by atoms with Gasteiger partial charge in [-0.3, -0.25) is 9.48 Å². The van der Waals surface area contributed by atoms with Crippen molar-refractivity contribution in [2.24, 2.45) is 0 Å². The van der Waals surface area contributed by atoms with E-state index in [9.17, 15) is 35.5 Å². The van der Waals surface area contributed by atoms with Gasteiger partial charge in [0.2, 0.25) is 0 Å². The van der Waals surface area contributed by atoms with Crippen molar-refractivity contribution in [1.82, 2.24) is 24.4 Å². The summed E-state index contributed by atoms with van der Waals surface area (Å²) in [5, 5.41) is 11.6. The average Bonchev–Trinajstić information content (AvgIpc) is 3.60. The van der Waals surface area contributed by atoms with Gasteiger partial charge in [0.15, 0.2) is 34.5 Å². The molecule has 0 aliphatic rings. The maximum absolute atomic E-state index is 13.9. The second-order valence-corrected chi connectivity index (χ2v) is 8.58. The van der Waals surface area contributed by atoms with Gasteiger partial charge >= 0.3 is 6.18 Å². The predicted molar refractivity (Wildman–Crippen MR) is 117 cm³/mol. The fourth-order valence-corrected chi connectivity index (χ4v) is 4.14. The van der Waals surface area contributed by atoms with Crippen LogP contribution in [0.2, 0.25) is 0 Å². The molecule has 1 N–H and O–H groups in total. The molecule has 0 saturated heterocycles. The van der Waals surface area contributed by atoms with Crippen molar-refractivity contribution in [3.8, 4) is 10.6 Å². The molecule has 0 atom stereocenters. The number of nitrogens with zero attached hydrogens (tertiary/aromatic N) is 5. The van der Waals surface area contributed by atoms with E-state index in [1.54, 1.807) is 17.5 Å². The lowest BCUT2D eigenvalue weighted by molar-refractivity contribution is -0.142. The third-order valence-electron chi connectivity index (χ3n) is 5.14. The van der Waals surface area contributed by atoms with Crippen LogP contribution in [-0.4, -0.2) is 30.3 Å². The van der Waals surface area contributed by atoms with E-state index in [1.807, 2.05) is 0 Å². The van der Waals surface area contributed by atoms with E-state index in [0.29, 0.717) is 9.39 Å². The Morgan fingerprint density at radius 1 is 1.05 bits per heavy atom. The summed E-state index contributed by atoms with van der Waals surface area (Å²) in [7, 11) is 0. The van der Waals surface area contributed by atoms with E-state index in [4.69, 9.17) is 0 Å². The Morgan fingerprint density at radius 2 is 1.84 bits per heavy atom. The van der Waals surface area contributed by atoms with E-state index in [-0.39, 0.29) is 23.1 Å². The number of thiophene rings is 1. The molecule has 4 heterocycles. The highest BCUT2D eigenvalue weighted by molar-refractivity contribution is 7.13. The molecule has 0 unspecified atom stereocenters. The van der Waals surface area contributed by atoms with Crippen LogP contribution in [0.25, 0.3) is 16.2 Å². The van der Waals surface area contributed by atoms with Gasteiger partial charge in [0.25, 0.3) is 5.91 Å². The average molecular weight is 540 g/mol. The molecule has 190 valence electrons. The first kappa shape index (κ1) is 24.4. The highest BCUT2D eigenvalue weighted by atomic mass is 32.1. The monoisotopic (exact) mass is 540 g/mol. The number of carbonyl (C=O) groups excluding carboxylic acids is 1. The Kier molecular flexibility index (Phi) is 5.94. The number of anilines is 1. The molecule has 5 rings (SSSR count). The van der Waals surface area contributed by atoms with E-state index in [0.717, 1.165) is 29.2 Å². The molecular weight excluding hydrogens is 529 g/mol. The van der Waals surface area contributed by atoms with E-state index < -0.39 is 58.8 Å². The lowest BCUT2D eigenvalue weighted by atomic mass is 10.2. The Labute approximate surface area is 205 Å². The molecule has 0 aliphatic heterocycles. The smallest absolute Gasteiger partial charge is 0.318 e. The van der Waals surface area contributed by atoms with Gasteiger partial charge in [-0.25, -0.2) is 27.1 Å². The third kappa shape index (κ3) is 4.64. The molecule has 1 amide bonds. The van der Waals surface area contributed by atoms with Gasteiger partial charge in [0.1, 0.15) is 5.82 Å². The number of alkyl halides is 3. The molecule has 4 aromatic heterocycles. The van der Waals surface area contributed by atoms with Crippen molar-refractivity contribution in [3.05, 3.63) is 88.3 Å². The zero-order valence-electron chi connectivity index (χ0n) is 18.0. The first-order valence-electron chi connectivity index (χ1n) is 10.2. The van der Waals surface area contributed by atoms with Crippen molar-refractivity contribution >= 4 is 28.6 Å². The summed E-state index contributed by atoms with van der Waals surface area (Å²) in [6.45, 7) is -0.635. The molecule has 37 heavy (non-hydrogen) atoms. The Hall–Kier alpha value is -4.27. The summed E-state index contributed by atoms with van der Waals surface area (Å²) in [5.74, 6) is -7.51. The number of hydrogen-bond donors (Lipinski definition) is 1. The molecule has 0 saturated carbocycles. The third-order valence-corrected chi connectivity index (χ3v) is 6.04. The standard InChI is InChI=1S/C22H11F7N6OS/c23-12-4-13(24)20(26)19(25)11(12)9-34-8-10(7-30-34)31-21(36)15-6-18-32-14(16-2-1-3-37-16)5-17(22(27,28)29)35(18)33-15/h1-8H,9H2,(H,31,36). The zero-order chi connectivity index (χ0) is 26.5. The number of halogens is 7. The lowest BCUT2D eigenvalue weighted by Gasteiger charge is -2.10. The molecule has 5 aromatic rings. The number of fused-ring (bicyclic) bond motifs is 1. The highest BCUT2D eigenvalue weighted by Gasteiger charge is 2.36. The minimum Gasteiger partial charge on any atom is -0.318 e. The molecule has 0 spiro atoms. The number of rotatable bonds is 5. The van der Waals surface area contributed by atoms with Crippen LogP contribution in [0.15, 0.2) is 48.1 Å². The Morgan fingerprint density at radius 3 is 2.54 bits per heavy atom. The summed E-state index contributed by atoms with van der Waals surface area (Å²) in [6, 6.07) is 5.34. The van der Waals surface area contributed by atoms with Gasteiger partial charge in [-0.15, -0.1) is 11.3 Å². The van der Waals surface area contributed by atoms with Crippen LogP contribution >= 0.6 is 11.3 Å². The van der Waals surface area contributed by atoms with Gasteiger partial charge in [-0.1, -0.05) is 6.07 Å². The van der Waals surface area contributed by atoms with Gasteiger partial charge in [0.05, 0.1) is 29.0 Å². The molecule has 15 heteroatoms. The number of hydrogen-bond acceptors (Lipinski definition) is 5. The minimum atomic E-state index is -4.79. The van der Waals surface area contributed by atoms with Crippen LogP contribution in [0.3, 0.4) is 0 Å². The summed E-state index contributed by atoms with van der Waals surface area (Å²) >= 11 is 1.19. The van der Waals surface area contributed by atoms with Crippen LogP contribution in [0.1, 0.15) is 21.7 Å². The van der Waals surface area contributed by atoms with Crippen molar-refractivity contribution in [1.29, 1.82) is 0 Å². The first-order valence-corrected chi connectivity index (χ1v) is 11.1.